The summed E-state index contributed by atoms with van der Waals surface area (Å²) in [7, 11) is 0. The lowest BCUT2D eigenvalue weighted by Crippen LogP contribution is -2.12. The molecule has 0 radical (unpaired) electrons. The maximum Gasteiger partial charge on any atom is 0.223 e. The van der Waals surface area contributed by atoms with E-state index in [1.807, 2.05) is 85.7 Å². The van der Waals surface area contributed by atoms with Crippen LogP contribution in [0.1, 0.15) is 96.6 Å². The number of hydrogen-bond acceptors (Lipinski definition) is 16. The van der Waals surface area contributed by atoms with Gasteiger partial charge in [0.1, 0.15) is 51.7 Å². The van der Waals surface area contributed by atoms with Crippen LogP contribution >= 0.6 is 0 Å². The van der Waals surface area contributed by atoms with E-state index in [1.165, 1.54) is 82.9 Å². The predicted octanol–water partition coefficient (Wildman–Crippen LogP) is 21.3. The van der Waals surface area contributed by atoms with E-state index in [-0.39, 0.29) is 29.1 Å². The average Bonchev–Trinajstić information content (AvgIpc) is 1.64. The van der Waals surface area contributed by atoms with Gasteiger partial charge in [0.25, 0.3) is 0 Å². The van der Waals surface area contributed by atoms with E-state index in [9.17, 15) is 22.0 Å². The van der Waals surface area contributed by atoms with Gasteiger partial charge in [0.2, 0.25) is 23.8 Å². The lowest BCUT2D eigenvalue weighted by atomic mass is 10.1. The molecule has 602 valence electrons. The van der Waals surface area contributed by atoms with Gasteiger partial charge in [-0.25, -0.2) is 81.8 Å². The Hall–Kier alpha value is -14.0. The van der Waals surface area contributed by atoms with Crippen LogP contribution in [0.5, 0.6) is 0 Å². The lowest BCUT2D eigenvalue weighted by Gasteiger charge is -2.11. The van der Waals surface area contributed by atoms with Gasteiger partial charge in [-0.15, -0.1) is 0 Å². The van der Waals surface area contributed by atoms with E-state index in [4.69, 9.17) is 34.9 Å². The van der Waals surface area contributed by atoms with Gasteiger partial charge in [0.05, 0.1) is 68.3 Å². The minimum atomic E-state index is -0.303. The van der Waals surface area contributed by atoms with Crippen LogP contribution in [-0.4, -0.2) is 97.0 Å². The predicted molar refractivity (Wildman–Crippen MR) is 463 cm³/mol. The first-order chi connectivity index (χ1) is 57.9. The van der Waals surface area contributed by atoms with Crippen LogP contribution in [0, 0.1) is 40.9 Å². The first kappa shape index (κ1) is 81.6. The highest BCUT2D eigenvalue weighted by Gasteiger charge is 2.24. The first-order valence-corrected chi connectivity index (χ1v) is 40.0. The SMILES string of the molecule is CCNc1nccc(-c2c(-c3ccc(F)cc3)nc3cc(CC)ccn23)n1.CCc1ccn2c(-c3ccnc(NCC(C)C)n3)c(-c3ccc(F)cc3)nc2c1.CCc1ccn2c(-c3ccnc(NCC(C)CC)n3)c(-c3ccc(F)cc3)nc2c1.CCc1ccn2c(-c3ccnc(NCc4cccc(F)c4)n3)c(-c3ccc(F)cc3)nc2c1. The molecule has 0 aliphatic carbocycles. The van der Waals surface area contributed by atoms with E-state index in [2.05, 4.69) is 144 Å². The molecule has 12 aromatic heterocycles. The second-order valence-corrected chi connectivity index (χ2v) is 29.0. The third-order valence-electron chi connectivity index (χ3n) is 20.1. The monoisotopic (exact) mass is 1590 g/mol. The number of aromatic nitrogens is 16. The lowest BCUT2D eigenvalue weighted by molar-refractivity contribution is 0.591. The molecular weight excluding hydrogens is 1500 g/mol. The number of nitrogens with zero attached hydrogens (tertiary/aromatic N) is 16. The molecule has 20 nitrogen and oxygen atoms in total. The molecule has 1 atom stereocenters. The Balaban J connectivity index is 0.000000130. The third-order valence-corrected chi connectivity index (χ3v) is 20.1. The Labute approximate surface area is 687 Å². The summed E-state index contributed by atoms with van der Waals surface area (Å²) in [6.07, 6.45) is 19.7. The molecule has 119 heavy (non-hydrogen) atoms. The van der Waals surface area contributed by atoms with Gasteiger partial charge in [-0.3, -0.25) is 17.6 Å². The van der Waals surface area contributed by atoms with Gasteiger partial charge in [-0.05, 0) is 254 Å². The van der Waals surface area contributed by atoms with Crippen LogP contribution in [-0.2, 0) is 32.2 Å². The maximum atomic E-state index is 13.6. The molecule has 0 aliphatic rings. The molecule has 4 N–H and O–H groups in total. The molecule has 1 unspecified atom stereocenters. The zero-order valence-electron chi connectivity index (χ0n) is 67.7. The Morgan fingerprint density at radius 1 is 0.303 bits per heavy atom. The number of benzene rings is 5. The summed E-state index contributed by atoms with van der Waals surface area (Å²) in [6.45, 7) is 21.8. The molecule has 0 aliphatic heterocycles. The standard InChI is InChI=1S/C26H21F2N5.C24H26FN5.C23H24FN5.C21H20FN5/c1-2-17-11-13-33-23(15-17)32-24(19-6-8-20(27)9-7-19)25(33)22-10-12-29-26(31-22)30-16-18-4-3-5-21(28)14-18;1-4-16(3)15-27-24-26-12-10-20(28-24)23-22(18-6-8-19(25)9-7-18)29-21-14-17(5-2)11-13-30(21)23;1-4-16-10-12-29-20(13-16)28-21(17-5-7-18(24)8-6-17)22(29)19-9-11-25-23(27-19)26-14-15(2)3;1-3-14-10-12-27-18(13-14)26-19(15-5-7-16(22)8-6-15)20(27)17-9-11-24-21(25-17)23-4-2/h3-15H,2,16H2,1H3,(H,29,30,31);6-14,16H,4-5,15H2,1-3H3,(H,26,27,28);5-13,15H,4,14H2,1-3H3,(H,25,26,27);5-13H,3-4H2,1-2H3,(H,23,24,25). The van der Waals surface area contributed by atoms with Crippen LogP contribution in [0.3, 0.4) is 0 Å². The Bertz CT molecular complexity index is 6320. The summed E-state index contributed by atoms with van der Waals surface area (Å²) < 4.78 is 75.5. The normalized spacial score (nSPS) is 11.5. The van der Waals surface area contributed by atoms with Crippen LogP contribution in [0.15, 0.2) is 244 Å². The molecule has 17 aromatic rings. The summed E-state index contributed by atoms with van der Waals surface area (Å²) in [4.78, 5) is 55.5. The van der Waals surface area contributed by atoms with Crippen molar-refractivity contribution in [3.8, 4) is 90.6 Å². The Morgan fingerprint density at radius 3 is 0.891 bits per heavy atom. The molecule has 0 bridgehead atoms. The molecule has 12 heterocycles. The van der Waals surface area contributed by atoms with Crippen LogP contribution in [0.4, 0.5) is 45.7 Å². The van der Waals surface area contributed by atoms with Gasteiger partial charge >= 0.3 is 0 Å². The van der Waals surface area contributed by atoms with Crippen LogP contribution < -0.4 is 21.3 Å². The molecule has 0 saturated carbocycles. The number of anilines is 4. The average molecular weight is 1600 g/mol. The van der Waals surface area contributed by atoms with E-state index < -0.39 is 0 Å². The largest absolute Gasteiger partial charge is 0.354 e. The van der Waals surface area contributed by atoms with Crippen molar-refractivity contribution in [1.29, 1.82) is 0 Å². The van der Waals surface area contributed by atoms with E-state index in [1.54, 1.807) is 79.4 Å². The van der Waals surface area contributed by atoms with E-state index >= 15 is 0 Å². The van der Waals surface area contributed by atoms with Gasteiger partial charge in [-0.2, -0.15) is 0 Å². The van der Waals surface area contributed by atoms with Crippen molar-refractivity contribution >= 4 is 46.4 Å². The molecule has 17 rings (SSSR count). The van der Waals surface area contributed by atoms with Crippen molar-refractivity contribution in [1.82, 2.24) is 77.4 Å². The summed E-state index contributed by atoms with van der Waals surface area (Å²) >= 11 is 0. The molecule has 0 amide bonds. The Kier molecular flexibility index (Phi) is 25.9. The number of rotatable bonds is 24. The minimum Gasteiger partial charge on any atom is -0.354 e. The van der Waals surface area contributed by atoms with Crippen molar-refractivity contribution in [2.24, 2.45) is 11.8 Å². The smallest absolute Gasteiger partial charge is 0.223 e. The highest BCUT2D eigenvalue weighted by Crippen LogP contribution is 2.38. The highest BCUT2D eigenvalue weighted by molar-refractivity contribution is 5.85. The minimum absolute atomic E-state index is 0.268. The zero-order chi connectivity index (χ0) is 83.1. The van der Waals surface area contributed by atoms with E-state index in [0.717, 1.165) is 159 Å². The van der Waals surface area contributed by atoms with Crippen LogP contribution in [0.2, 0.25) is 0 Å². The topological polar surface area (TPSA) is 220 Å². The molecular formula is C94H91F5N20. The van der Waals surface area contributed by atoms with Crippen molar-refractivity contribution in [3.63, 3.8) is 0 Å². The Morgan fingerprint density at radius 2 is 0.605 bits per heavy atom. The molecule has 0 fully saturated rings. The molecule has 0 saturated heterocycles. The van der Waals surface area contributed by atoms with Crippen molar-refractivity contribution in [2.45, 2.75) is 101 Å². The van der Waals surface area contributed by atoms with Crippen LogP contribution in [0.25, 0.3) is 113 Å². The second-order valence-electron chi connectivity index (χ2n) is 29.0. The fraction of sp³-hybridized carbons (Fsp3) is 0.213. The fourth-order valence-electron chi connectivity index (χ4n) is 13.4. The summed E-state index contributed by atoms with van der Waals surface area (Å²) in [5.41, 5.74) is 21.6. The number of hydrogen-bond donors (Lipinski definition) is 4. The van der Waals surface area contributed by atoms with Gasteiger partial charge < -0.3 is 21.3 Å². The number of imidazole rings is 4. The number of aryl methyl sites for hydroxylation is 4. The summed E-state index contributed by atoms with van der Waals surface area (Å²) in [5, 5.41) is 12.9. The zero-order valence-corrected chi connectivity index (χ0v) is 67.7. The fourth-order valence-corrected chi connectivity index (χ4v) is 13.4. The quantitative estimate of drug-likeness (QED) is 0.0413. The van der Waals surface area contributed by atoms with Crippen molar-refractivity contribution in [2.75, 3.05) is 40.9 Å². The number of fused-ring (bicyclic) bond motifs is 4. The van der Waals surface area contributed by atoms with Gasteiger partial charge in [-0.1, -0.05) is 73.9 Å². The maximum absolute atomic E-state index is 13.6. The summed E-state index contributed by atoms with van der Waals surface area (Å²) in [5.74, 6) is 1.80. The second kappa shape index (κ2) is 37.8. The van der Waals surface area contributed by atoms with Crippen molar-refractivity contribution in [3.05, 3.63) is 301 Å². The van der Waals surface area contributed by atoms with E-state index in [0.29, 0.717) is 53.6 Å². The van der Waals surface area contributed by atoms with Gasteiger partial charge in [0, 0.05) is 98.0 Å². The molecule has 0 spiro atoms. The number of nitrogens with one attached hydrogen (secondary N) is 4. The third kappa shape index (κ3) is 19.4. The van der Waals surface area contributed by atoms with Crippen molar-refractivity contribution < 1.29 is 22.0 Å². The first-order valence-electron chi connectivity index (χ1n) is 40.0. The highest BCUT2D eigenvalue weighted by atomic mass is 19.1. The van der Waals surface area contributed by atoms with Gasteiger partial charge in [0.15, 0.2) is 0 Å². The summed E-state index contributed by atoms with van der Waals surface area (Å²) in [6, 6.07) is 55.9. The number of pyridine rings is 4. The molecule has 25 heteroatoms. The molecule has 5 aromatic carbocycles. The number of halogens is 5.